The summed E-state index contributed by atoms with van der Waals surface area (Å²) in [6, 6.07) is 3.54. The molecule has 94 valence electrons. The van der Waals surface area contributed by atoms with Gasteiger partial charge in [0, 0.05) is 6.54 Å². The number of carbonyl (C=O) groups excluding carboxylic acids is 1. The smallest absolute Gasteiger partial charge is 0.239 e. The second kappa shape index (κ2) is 6.08. The van der Waals surface area contributed by atoms with Gasteiger partial charge in [0.05, 0.1) is 17.9 Å². The molecule has 0 saturated carbocycles. The maximum Gasteiger partial charge on any atom is 0.239 e. The molecule has 4 N–H and O–H groups in total. The molecular formula is C12H20N4O. The lowest BCUT2D eigenvalue weighted by atomic mass is 10.2. The molecule has 0 unspecified atom stereocenters. The highest BCUT2D eigenvalue weighted by atomic mass is 16.1. The Morgan fingerprint density at radius 3 is 2.76 bits per heavy atom. The normalized spacial score (nSPS) is 10.4. The molecule has 1 aromatic rings. The molecule has 0 fully saturated rings. The summed E-state index contributed by atoms with van der Waals surface area (Å²) in [6.07, 6.45) is 0. The van der Waals surface area contributed by atoms with Crippen molar-refractivity contribution in [1.82, 2.24) is 10.3 Å². The van der Waals surface area contributed by atoms with Gasteiger partial charge in [-0.05, 0) is 25.0 Å². The number of hydrogen-bond acceptors (Lipinski definition) is 4. The predicted octanol–water partition coefficient (Wildman–Crippen LogP) is 1.16. The van der Waals surface area contributed by atoms with Crippen molar-refractivity contribution < 1.29 is 4.79 Å². The zero-order valence-electron chi connectivity index (χ0n) is 10.6. The fourth-order valence-corrected chi connectivity index (χ4v) is 1.22. The summed E-state index contributed by atoms with van der Waals surface area (Å²) < 4.78 is 0. The van der Waals surface area contributed by atoms with Gasteiger partial charge >= 0.3 is 0 Å². The van der Waals surface area contributed by atoms with E-state index in [2.05, 4.69) is 29.5 Å². The van der Waals surface area contributed by atoms with Crippen LogP contribution in [0.3, 0.4) is 0 Å². The quantitative estimate of drug-likeness (QED) is 0.716. The average molecular weight is 236 g/mol. The fourth-order valence-electron chi connectivity index (χ4n) is 1.22. The minimum absolute atomic E-state index is 0.0324. The number of carbonyl (C=O) groups is 1. The third-order valence-corrected chi connectivity index (χ3v) is 2.26. The van der Waals surface area contributed by atoms with E-state index in [0.717, 1.165) is 5.69 Å². The van der Waals surface area contributed by atoms with E-state index in [4.69, 9.17) is 5.73 Å². The van der Waals surface area contributed by atoms with Gasteiger partial charge in [-0.1, -0.05) is 13.8 Å². The van der Waals surface area contributed by atoms with Crippen molar-refractivity contribution in [3.05, 3.63) is 17.8 Å². The van der Waals surface area contributed by atoms with E-state index in [9.17, 15) is 4.79 Å². The number of nitrogen functional groups attached to an aromatic ring is 1. The maximum absolute atomic E-state index is 11.4. The third kappa shape index (κ3) is 4.72. The van der Waals surface area contributed by atoms with Crippen LogP contribution in [0.25, 0.3) is 0 Å². The number of nitrogens with two attached hydrogens (primary N) is 1. The monoisotopic (exact) mass is 236 g/mol. The fraction of sp³-hybridized carbons (Fsp3) is 0.500. The molecule has 0 atom stereocenters. The number of amides is 1. The summed E-state index contributed by atoms with van der Waals surface area (Å²) in [5.74, 6) is 1.09. The Hall–Kier alpha value is -1.78. The first kappa shape index (κ1) is 13.3. The number of hydrogen-bond donors (Lipinski definition) is 3. The molecule has 5 heteroatoms. The van der Waals surface area contributed by atoms with Gasteiger partial charge in [0.25, 0.3) is 0 Å². The number of nitrogens with zero attached hydrogens (tertiary/aromatic N) is 1. The van der Waals surface area contributed by atoms with Crippen LogP contribution < -0.4 is 16.4 Å². The van der Waals surface area contributed by atoms with E-state index < -0.39 is 0 Å². The largest absolute Gasteiger partial charge is 0.397 e. The van der Waals surface area contributed by atoms with E-state index in [1.54, 1.807) is 12.1 Å². The van der Waals surface area contributed by atoms with Gasteiger partial charge < -0.3 is 16.4 Å². The first-order chi connectivity index (χ1) is 7.99. The lowest BCUT2D eigenvalue weighted by Crippen LogP contribution is -2.32. The summed E-state index contributed by atoms with van der Waals surface area (Å²) >= 11 is 0. The van der Waals surface area contributed by atoms with Crippen LogP contribution in [0.1, 0.15) is 19.5 Å². The van der Waals surface area contributed by atoms with Gasteiger partial charge in [-0.2, -0.15) is 0 Å². The van der Waals surface area contributed by atoms with Crippen molar-refractivity contribution in [2.75, 3.05) is 24.1 Å². The Balaban J connectivity index is 2.39. The molecule has 0 aliphatic heterocycles. The van der Waals surface area contributed by atoms with E-state index >= 15 is 0 Å². The molecule has 1 aromatic heterocycles. The average Bonchev–Trinajstić information content (AvgIpc) is 2.28. The molecule has 0 spiro atoms. The Kier molecular flexibility index (Phi) is 4.75. The van der Waals surface area contributed by atoms with Crippen LogP contribution in [0.4, 0.5) is 11.5 Å². The molecular weight excluding hydrogens is 216 g/mol. The Morgan fingerprint density at radius 1 is 1.47 bits per heavy atom. The van der Waals surface area contributed by atoms with Crippen LogP contribution >= 0.6 is 0 Å². The van der Waals surface area contributed by atoms with Gasteiger partial charge in [-0.15, -0.1) is 0 Å². The minimum atomic E-state index is -0.0324. The lowest BCUT2D eigenvalue weighted by molar-refractivity contribution is -0.119. The number of nitrogens with one attached hydrogen (secondary N) is 2. The van der Waals surface area contributed by atoms with Crippen molar-refractivity contribution in [3.63, 3.8) is 0 Å². The van der Waals surface area contributed by atoms with Crippen LogP contribution in [-0.4, -0.2) is 24.0 Å². The second-order valence-electron chi connectivity index (χ2n) is 4.42. The molecule has 0 aliphatic carbocycles. The van der Waals surface area contributed by atoms with Crippen LogP contribution in [0.5, 0.6) is 0 Å². The standard InChI is InChI=1S/C12H20N4O/c1-8(2)6-15-12(17)7-14-11-5-4-10(13)9(3)16-11/h4-5,8H,6-7,13H2,1-3H3,(H,14,16)(H,15,17). The van der Waals surface area contributed by atoms with E-state index in [1.165, 1.54) is 0 Å². The number of rotatable bonds is 5. The second-order valence-corrected chi connectivity index (χ2v) is 4.42. The highest BCUT2D eigenvalue weighted by molar-refractivity contribution is 5.80. The topological polar surface area (TPSA) is 80.0 Å². The maximum atomic E-state index is 11.4. The van der Waals surface area contributed by atoms with Gasteiger partial charge in [0.15, 0.2) is 0 Å². The molecule has 0 radical (unpaired) electrons. The SMILES string of the molecule is Cc1nc(NCC(=O)NCC(C)C)ccc1N. The summed E-state index contributed by atoms with van der Waals surface area (Å²) in [7, 11) is 0. The molecule has 0 bridgehead atoms. The Bertz CT molecular complexity index is 390. The van der Waals surface area contributed by atoms with Crippen LogP contribution in [0.2, 0.25) is 0 Å². The molecule has 1 rings (SSSR count). The van der Waals surface area contributed by atoms with Crippen LogP contribution in [-0.2, 0) is 4.79 Å². The molecule has 0 aromatic carbocycles. The number of anilines is 2. The molecule has 1 amide bonds. The summed E-state index contributed by atoms with van der Waals surface area (Å²) in [5, 5.41) is 5.78. The van der Waals surface area contributed by atoms with Gasteiger partial charge in [-0.3, -0.25) is 4.79 Å². The number of aromatic nitrogens is 1. The summed E-state index contributed by atoms with van der Waals surface area (Å²) in [6.45, 7) is 6.86. The van der Waals surface area contributed by atoms with Crippen molar-refractivity contribution in [1.29, 1.82) is 0 Å². The molecule has 17 heavy (non-hydrogen) atoms. The van der Waals surface area contributed by atoms with Crippen molar-refractivity contribution >= 4 is 17.4 Å². The van der Waals surface area contributed by atoms with Crippen molar-refractivity contribution in [2.45, 2.75) is 20.8 Å². The molecule has 5 nitrogen and oxygen atoms in total. The van der Waals surface area contributed by atoms with Crippen LogP contribution in [0.15, 0.2) is 12.1 Å². The summed E-state index contributed by atoms with van der Waals surface area (Å²) in [4.78, 5) is 15.7. The number of pyridine rings is 1. The molecule has 0 saturated heterocycles. The zero-order chi connectivity index (χ0) is 12.8. The van der Waals surface area contributed by atoms with Gasteiger partial charge in [0.1, 0.15) is 5.82 Å². The predicted molar refractivity (Wildman–Crippen MR) is 69.7 cm³/mol. The van der Waals surface area contributed by atoms with Crippen molar-refractivity contribution in [2.24, 2.45) is 5.92 Å². The summed E-state index contributed by atoms with van der Waals surface area (Å²) in [5.41, 5.74) is 7.07. The molecule has 0 aliphatic rings. The highest BCUT2D eigenvalue weighted by Gasteiger charge is 2.03. The first-order valence-corrected chi connectivity index (χ1v) is 5.72. The van der Waals surface area contributed by atoms with E-state index in [-0.39, 0.29) is 12.5 Å². The number of aryl methyl sites for hydroxylation is 1. The van der Waals surface area contributed by atoms with Gasteiger partial charge in [0.2, 0.25) is 5.91 Å². The first-order valence-electron chi connectivity index (χ1n) is 5.72. The highest BCUT2D eigenvalue weighted by Crippen LogP contribution is 2.11. The third-order valence-electron chi connectivity index (χ3n) is 2.26. The zero-order valence-corrected chi connectivity index (χ0v) is 10.6. The van der Waals surface area contributed by atoms with Crippen LogP contribution in [0, 0.1) is 12.8 Å². The lowest BCUT2D eigenvalue weighted by Gasteiger charge is -2.09. The van der Waals surface area contributed by atoms with E-state index in [1.807, 2.05) is 6.92 Å². The Labute approximate surface area is 102 Å². The molecule has 1 heterocycles. The minimum Gasteiger partial charge on any atom is -0.397 e. The van der Waals surface area contributed by atoms with Crippen molar-refractivity contribution in [3.8, 4) is 0 Å². The Morgan fingerprint density at radius 2 is 2.18 bits per heavy atom. The van der Waals surface area contributed by atoms with Gasteiger partial charge in [-0.25, -0.2) is 4.98 Å². The van der Waals surface area contributed by atoms with E-state index in [0.29, 0.717) is 24.0 Å².